The Balaban J connectivity index is 2.35. The van der Waals surface area contributed by atoms with Gasteiger partial charge in [-0.25, -0.2) is 0 Å². The first-order chi connectivity index (χ1) is 6.29. The first-order valence-corrected chi connectivity index (χ1v) is 5.83. The van der Waals surface area contributed by atoms with Gasteiger partial charge in [-0.15, -0.1) is 22.7 Å². The van der Waals surface area contributed by atoms with Gasteiger partial charge in [0.1, 0.15) is 0 Å². The van der Waals surface area contributed by atoms with Crippen molar-refractivity contribution in [1.82, 2.24) is 0 Å². The quantitative estimate of drug-likeness (QED) is 0.807. The lowest BCUT2D eigenvalue weighted by atomic mass is 10.2. The van der Waals surface area contributed by atoms with Crippen LogP contribution in [0.15, 0.2) is 23.6 Å². The summed E-state index contributed by atoms with van der Waals surface area (Å²) in [5, 5.41) is 2.17. The third-order valence-corrected chi connectivity index (χ3v) is 3.89. The van der Waals surface area contributed by atoms with Crippen molar-refractivity contribution in [1.29, 1.82) is 0 Å². The second-order valence-electron chi connectivity index (χ2n) is 2.92. The number of thiophene rings is 2. The second kappa shape index (κ2) is 3.62. The molecule has 0 unspecified atom stereocenters. The van der Waals surface area contributed by atoms with Gasteiger partial charge >= 0.3 is 0 Å². The normalized spacial score (nSPS) is 10.6. The SMILES string of the molecule is Cc1ccc(-c2csc(CN)c2)s1. The molecule has 68 valence electrons. The van der Waals surface area contributed by atoms with E-state index in [2.05, 4.69) is 30.5 Å². The predicted octanol–water partition coefficient (Wildman–Crippen LogP) is 3.24. The molecule has 0 aliphatic rings. The van der Waals surface area contributed by atoms with Crippen molar-refractivity contribution in [2.24, 2.45) is 5.73 Å². The standard InChI is InChI=1S/C10H11NS2/c1-7-2-3-10(13-7)8-4-9(5-11)12-6-8/h2-4,6H,5,11H2,1H3. The third kappa shape index (κ3) is 1.82. The van der Waals surface area contributed by atoms with Crippen LogP contribution in [-0.2, 0) is 6.54 Å². The van der Waals surface area contributed by atoms with Crippen molar-refractivity contribution in [2.45, 2.75) is 13.5 Å². The fraction of sp³-hybridized carbons (Fsp3) is 0.200. The van der Waals surface area contributed by atoms with Gasteiger partial charge < -0.3 is 5.73 Å². The average Bonchev–Trinajstić information content (AvgIpc) is 2.71. The fourth-order valence-corrected chi connectivity index (χ4v) is 2.90. The molecule has 0 radical (unpaired) electrons. The molecule has 13 heavy (non-hydrogen) atoms. The summed E-state index contributed by atoms with van der Waals surface area (Å²) in [5.74, 6) is 0. The third-order valence-electron chi connectivity index (χ3n) is 1.88. The highest BCUT2D eigenvalue weighted by Gasteiger charge is 2.02. The minimum absolute atomic E-state index is 0.648. The number of hydrogen-bond acceptors (Lipinski definition) is 3. The molecule has 0 aromatic carbocycles. The van der Waals surface area contributed by atoms with E-state index in [0.29, 0.717) is 6.54 Å². The van der Waals surface area contributed by atoms with Crippen molar-refractivity contribution in [3.05, 3.63) is 33.3 Å². The first kappa shape index (κ1) is 8.94. The van der Waals surface area contributed by atoms with Crippen LogP contribution in [0, 0.1) is 6.92 Å². The van der Waals surface area contributed by atoms with Crippen molar-refractivity contribution in [3.63, 3.8) is 0 Å². The number of rotatable bonds is 2. The van der Waals surface area contributed by atoms with E-state index in [4.69, 9.17) is 5.73 Å². The van der Waals surface area contributed by atoms with Gasteiger partial charge in [0.25, 0.3) is 0 Å². The molecular formula is C10H11NS2. The molecular weight excluding hydrogens is 198 g/mol. The zero-order chi connectivity index (χ0) is 9.26. The van der Waals surface area contributed by atoms with Crippen molar-refractivity contribution in [3.8, 4) is 10.4 Å². The molecule has 0 fully saturated rings. The van der Waals surface area contributed by atoms with E-state index in [0.717, 1.165) is 0 Å². The molecule has 2 aromatic heterocycles. The first-order valence-electron chi connectivity index (χ1n) is 4.14. The van der Waals surface area contributed by atoms with Crippen molar-refractivity contribution in [2.75, 3.05) is 0 Å². The molecule has 0 saturated carbocycles. The molecule has 0 aliphatic carbocycles. The highest BCUT2D eigenvalue weighted by atomic mass is 32.1. The molecule has 0 spiro atoms. The monoisotopic (exact) mass is 209 g/mol. The zero-order valence-corrected chi connectivity index (χ0v) is 9.04. The molecule has 3 heteroatoms. The minimum Gasteiger partial charge on any atom is -0.326 e. The Hall–Kier alpha value is -0.640. The van der Waals surface area contributed by atoms with Crippen LogP contribution in [0.3, 0.4) is 0 Å². The van der Waals surface area contributed by atoms with Crippen LogP contribution in [0.25, 0.3) is 10.4 Å². The number of nitrogens with two attached hydrogens (primary N) is 1. The Bertz CT molecular complexity index is 400. The molecule has 0 amide bonds. The van der Waals surface area contributed by atoms with Crippen LogP contribution in [-0.4, -0.2) is 0 Å². The van der Waals surface area contributed by atoms with E-state index >= 15 is 0 Å². The Kier molecular flexibility index (Phi) is 2.49. The Labute approximate surface area is 85.8 Å². The summed E-state index contributed by atoms with van der Waals surface area (Å²) in [6.07, 6.45) is 0. The topological polar surface area (TPSA) is 26.0 Å². The lowest BCUT2D eigenvalue weighted by Gasteiger charge is -1.88. The second-order valence-corrected chi connectivity index (χ2v) is 5.20. The summed E-state index contributed by atoms with van der Waals surface area (Å²) in [5.41, 5.74) is 6.87. The summed E-state index contributed by atoms with van der Waals surface area (Å²) < 4.78 is 0. The molecule has 2 aromatic rings. The maximum atomic E-state index is 5.56. The van der Waals surface area contributed by atoms with Crippen LogP contribution in [0.2, 0.25) is 0 Å². The van der Waals surface area contributed by atoms with E-state index in [9.17, 15) is 0 Å². The van der Waals surface area contributed by atoms with Gasteiger partial charge in [0, 0.05) is 26.7 Å². The van der Waals surface area contributed by atoms with Crippen molar-refractivity contribution < 1.29 is 0 Å². The van der Waals surface area contributed by atoms with Gasteiger partial charge in [0.2, 0.25) is 0 Å². The van der Waals surface area contributed by atoms with Crippen LogP contribution in [0.4, 0.5) is 0 Å². The fourth-order valence-electron chi connectivity index (χ4n) is 1.21. The van der Waals surface area contributed by atoms with E-state index < -0.39 is 0 Å². The highest BCUT2D eigenvalue weighted by molar-refractivity contribution is 7.16. The van der Waals surface area contributed by atoms with E-state index in [1.54, 1.807) is 11.3 Å². The molecule has 0 bridgehead atoms. The molecule has 0 aliphatic heterocycles. The maximum Gasteiger partial charge on any atom is 0.0354 e. The molecule has 2 heterocycles. The van der Waals surface area contributed by atoms with E-state index in [1.165, 1.54) is 20.2 Å². The van der Waals surface area contributed by atoms with Crippen LogP contribution in [0.1, 0.15) is 9.75 Å². The Morgan fingerprint density at radius 3 is 2.77 bits per heavy atom. The molecule has 1 nitrogen and oxygen atoms in total. The van der Waals surface area contributed by atoms with Crippen molar-refractivity contribution >= 4 is 22.7 Å². The van der Waals surface area contributed by atoms with Gasteiger partial charge in [0.05, 0.1) is 0 Å². The van der Waals surface area contributed by atoms with Gasteiger partial charge in [-0.1, -0.05) is 0 Å². The number of aryl methyl sites for hydroxylation is 1. The zero-order valence-electron chi connectivity index (χ0n) is 7.41. The Morgan fingerprint density at radius 1 is 1.38 bits per heavy atom. The summed E-state index contributed by atoms with van der Waals surface area (Å²) in [6.45, 7) is 2.78. The van der Waals surface area contributed by atoms with Gasteiger partial charge in [-0.05, 0) is 30.5 Å². The van der Waals surface area contributed by atoms with Gasteiger partial charge in [0.15, 0.2) is 0 Å². The maximum absolute atomic E-state index is 5.56. The van der Waals surface area contributed by atoms with E-state index in [-0.39, 0.29) is 0 Å². The molecule has 0 saturated heterocycles. The number of hydrogen-bond donors (Lipinski definition) is 1. The van der Waals surface area contributed by atoms with Gasteiger partial charge in [-0.3, -0.25) is 0 Å². The van der Waals surface area contributed by atoms with Crippen LogP contribution >= 0.6 is 22.7 Å². The summed E-state index contributed by atoms with van der Waals surface area (Å²) in [4.78, 5) is 3.95. The Morgan fingerprint density at radius 2 is 2.23 bits per heavy atom. The smallest absolute Gasteiger partial charge is 0.0354 e. The molecule has 0 atom stereocenters. The van der Waals surface area contributed by atoms with Crippen LogP contribution in [0.5, 0.6) is 0 Å². The lowest BCUT2D eigenvalue weighted by Crippen LogP contribution is -1.91. The summed E-state index contributed by atoms with van der Waals surface area (Å²) in [6, 6.07) is 6.50. The van der Waals surface area contributed by atoms with Crippen LogP contribution < -0.4 is 5.73 Å². The van der Waals surface area contributed by atoms with Gasteiger partial charge in [-0.2, -0.15) is 0 Å². The average molecular weight is 209 g/mol. The largest absolute Gasteiger partial charge is 0.326 e. The highest BCUT2D eigenvalue weighted by Crippen LogP contribution is 2.30. The van der Waals surface area contributed by atoms with E-state index in [1.807, 2.05) is 11.3 Å². The summed E-state index contributed by atoms with van der Waals surface area (Å²) >= 11 is 3.57. The summed E-state index contributed by atoms with van der Waals surface area (Å²) in [7, 11) is 0. The predicted molar refractivity (Wildman–Crippen MR) is 60.3 cm³/mol. The lowest BCUT2D eigenvalue weighted by molar-refractivity contribution is 1.11. The minimum atomic E-state index is 0.648. The molecule has 2 N–H and O–H groups in total. The molecule has 2 rings (SSSR count).